The van der Waals surface area contributed by atoms with E-state index in [2.05, 4.69) is 32.9 Å². The van der Waals surface area contributed by atoms with Crippen molar-refractivity contribution in [3.05, 3.63) is 33.8 Å². The molecule has 0 aromatic heterocycles. The van der Waals surface area contributed by atoms with Gasteiger partial charge < -0.3 is 0 Å². The van der Waals surface area contributed by atoms with Crippen LogP contribution in [0.3, 0.4) is 0 Å². The van der Waals surface area contributed by atoms with E-state index in [0.29, 0.717) is 5.25 Å². The molecule has 0 bridgehead atoms. The van der Waals surface area contributed by atoms with E-state index in [1.165, 1.54) is 21.6 Å². The highest BCUT2D eigenvalue weighted by Crippen LogP contribution is 2.45. The Morgan fingerprint density at radius 2 is 2.00 bits per heavy atom. The summed E-state index contributed by atoms with van der Waals surface area (Å²) < 4.78 is 0. The molecule has 0 saturated carbocycles. The van der Waals surface area contributed by atoms with Crippen molar-refractivity contribution in [2.75, 3.05) is 0 Å². The zero-order valence-electron chi connectivity index (χ0n) is 7.14. The Hall–Kier alpha value is -0.430. The molecule has 0 aromatic rings. The van der Waals surface area contributed by atoms with Gasteiger partial charge in [-0.15, -0.1) is 11.8 Å². The fourth-order valence-corrected chi connectivity index (χ4v) is 2.94. The Balaban J connectivity index is 2.41. The molecular formula is C10H12S. The molecule has 1 aliphatic carbocycles. The summed E-state index contributed by atoms with van der Waals surface area (Å²) in [5.74, 6) is 0. The number of hydrogen-bond donors (Lipinski definition) is 0. The van der Waals surface area contributed by atoms with Crippen molar-refractivity contribution in [3.8, 4) is 0 Å². The fraction of sp³-hybridized carbons (Fsp3) is 0.400. The molecule has 0 aromatic carbocycles. The van der Waals surface area contributed by atoms with Gasteiger partial charge in [0.05, 0.1) is 5.25 Å². The van der Waals surface area contributed by atoms with Crippen LogP contribution < -0.4 is 0 Å². The van der Waals surface area contributed by atoms with Gasteiger partial charge in [-0.05, 0) is 36.8 Å². The minimum absolute atomic E-state index is 0.648. The van der Waals surface area contributed by atoms with Gasteiger partial charge in [-0.1, -0.05) is 17.7 Å². The molecule has 2 rings (SSSR count). The normalized spacial score (nSPS) is 28.8. The number of rotatable bonds is 0. The third-order valence-corrected chi connectivity index (χ3v) is 3.67. The zero-order valence-corrected chi connectivity index (χ0v) is 7.96. The third kappa shape index (κ3) is 0.987. The van der Waals surface area contributed by atoms with Crippen LogP contribution >= 0.6 is 11.8 Å². The van der Waals surface area contributed by atoms with Gasteiger partial charge in [0.15, 0.2) is 0 Å². The van der Waals surface area contributed by atoms with Crippen LogP contribution in [0.5, 0.6) is 0 Å². The molecule has 58 valence electrons. The summed E-state index contributed by atoms with van der Waals surface area (Å²) in [6.45, 7) is 6.61. The molecule has 1 heterocycles. The first kappa shape index (κ1) is 7.23. The van der Waals surface area contributed by atoms with Crippen LogP contribution in [0.15, 0.2) is 33.8 Å². The highest BCUT2D eigenvalue weighted by Gasteiger charge is 2.26. The van der Waals surface area contributed by atoms with Crippen LogP contribution in [0.4, 0.5) is 0 Å². The minimum atomic E-state index is 0.648. The van der Waals surface area contributed by atoms with Gasteiger partial charge in [0.2, 0.25) is 0 Å². The van der Waals surface area contributed by atoms with Crippen molar-refractivity contribution >= 4 is 11.8 Å². The Bertz CT molecular complexity index is 292. The van der Waals surface area contributed by atoms with Crippen molar-refractivity contribution in [1.82, 2.24) is 0 Å². The molecule has 0 saturated heterocycles. The van der Waals surface area contributed by atoms with Crippen LogP contribution in [-0.4, -0.2) is 5.25 Å². The van der Waals surface area contributed by atoms with Crippen molar-refractivity contribution in [3.63, 3.8) is 0 Å². The van der Waals surface area contributed by atoms with E-state index in [1.807, 2.05) is 11.8 Å². The second kappa shape index (κ2) is 2.28. The topological polar surface area (TPSA) is 0 Å². The fourth-order valence-electron chi connectivity index (χ4n) is 1.61. The maximum atomic E-state index is 2.35. The zero-order chi connectivity index (χ0) is 8.01. The van der Waals surface area contributed by atoms with Gasteiger partial charge >= 0.3 is 0 Å². The van der Waals surface area contributed by atoms with Crippen LogP contribution in [0.25, 0.3) is 0 Å². The molecule has 0 fully saturated rings. The molecule has 1 aliphatic heterocycles. The van der Waals surface area contributed by atoms with Gasteiger partial charge in [-0.2, -0.15) is 0 Å². The predicted molar refractivity (Wildman–Crippen MR) is 51.6 cm³/mol. The SMILES string of the molecule is CC1=CC2SC(C)=C(C)C2=C1. The van der Waals surface area contributed by atoms with Gasteiger partial charge in [-0.3, -0.25) is 0 Å². The van der Waals surface area contributed by atoms with E-state index in [1.54, 1.807) is 0 Å². The molecule has 0 spiro atoms. The van der Waals surface area contributed by atoms with E-state index in [-0.39, 0.29) is 0 Å². The van der Waals surface area contributed by atoms with E-state index in [4.69, 9.17) is 0 Å². The number of allylic oxidation sites excluding steroid dienone is 4. The summed E-state index contributed by atoms with van der Waals surface area (Å²) in [6.07, 6.45) is 4.66. The molecular weight excluding hydrogens is 152 g/mol. The van der Waals surface area contributed by atoms with Crippen LogP contribution in [0.1, 0.15) is 20.8 Å². The van der Waals surface area contributed by atoms with Crippen molar-refractivity contribution in [2.24, 2.45) is 0 Å². The highest BCUT2D eigenvalue weighted by molar-refractivity contribution is 8.04. The van der Waals surface area contributed by atoms with Crippen LogP contribution in [0.2, 0.25) is 0 Å². The van der Waals surface area contributed by atoms with E-state index in [9.17, 15) is 0 Å². The average Bonchev–Trinajstić information content (AvgIpc) is 2.37. The second-order valence-corrected chi connectivity index (χ2v) is 4.59. The largest absolute Gasteiger partial charge is 0.118 e. The minimum Gasteiger partial charge on any atom is -0.118 e. The summed E-state index contributed by atoms with van der Waals surface area (Å²) in [5, 5.41) is 0.648. The third-order valence-electron chi connectivity index (χ3n) is 2.37. The molecule has 0 radical (unpaired) electrons. The van der Waals surface area contributed by atoms with Gasteiger partial charge in [0, 0.05) is 0 Å². The number of hydrogen-bond acceptors (Lipinski definition) is 1. The van der Waals surface area contributed by atoms with E-state index in [0.717, 1.165) is 0 Å². The summed E-state index contributed by atoms with van der Waals surface area (Å²) in [5.41, 5.74) is 4.45. The Morgan fingerprint density at radius 3 is 2.64 bits per heavy atom. The number of fused-ring (bicyclic) bond motifs is 1. The average molecular weight is 164 g/mol. The van der Waals surface area contributed by atoms with Crippen molar-refractivity contribution in [2.45, 2.75) is 26.0 Å². The smallest absolute Gasteiger partial charge is 0.0529 e. The van der Waals surface area contributed by atoms with E-state index >= 15 is 0 Å². The number of thioether (sulfide) groups is 1. The lowest BCUT2D eigenvalue weighted by Crippen LogP contribution is -1.92. The molecule has 1 unspecified atom stereocenters. The van der Waals surface area contributed by atoms with Crippen LogP contribution in [0, 0.1) is 0 Å². The Kier molecular flexibility index (Phi) is 1.50. The van der Waals surface area contributed by atoms with Crippen LogP contribution in [-0.2, 0) is 0 Å². The first-order valence-electron chi connectivity index (χ1n) is 3.93. The summed E-state index contributed by atoms with van der Waals surface area (Å²) in [7, 11) is 0. The molecule has 0 amide bonds. The molecule has 2 aliphatic rings. The van der Waals surface area contributed by atoms with Gasteiger partial charge in [0.25, 0.3) is 0 Å². The maximum Gasteiger partial charge on any atom is 0.0529 e. The molecule has 0 nitrogen and oxygen atoms in total. The van der Waals surface area contributed by atoms with Crippen molar-refractivity contribution < 1.29 is 0 Å². The maximum absolute atomic E-state index is 2.35. The Morgan fingerprint density at radius 1 is 1.27 bits per heavy atom. The standard InChI is InChI=1S/C10H12S/c1-6-4-9-7(2)8(3)11-10(9)5-6/h4-5,10H,1-3H3. The Labute approximate surface area is 72.1 Å². The van der Waals surface area contributed by atoms with Crippen molar-refractivity contribution in [1.29, 1.82) is 0 Å². The molecule has 11 heavy (non-hydrogen) atoms. The summed E-state index contributed by atoms with van der Waals surface area (Å²) in [4.78, 5) is 1.49. The first-order valence-corrected chi connectivity index (χ1v) is 4.81. The lowest BCUT2D eigenvalue weighted by molar-refractivity contribution is 1.28. The molecule has 1 atom stereocenters. The molecule has 1 heteroatoms. The molecule has 0 N–H and O–H groups in total. The first-order chi connectivity index (χ1) is 5.18. The second-order valence-electron chi connectivity index (χ2n) is 3.23. The lowest BCUT2D eigenvalue weighted by atomic mass is 10.1. The predicted octanol–water partition coefficient (Wildman–Crippen LogP) is 3.28. The van der Waals surface area contributed by atoms with Gasteiger partial charge in [-0.25, -0.2) is 0 Å². The monoisotopic (exact) mass is 164 g/mol. The highest BCUT2D eigenvalue weighted by atomic mass is 32.2. The lowest BCUT2D eigenvalue weighted by Gasteiger charge is -1.99. The quantitative estimate of drug-likeness (QED) is 0.529. The van der Waals surface area contributed by atoms with Gasteiger partial charge in [0.1, 0.15) is 0 Å². The summed E-state index contributed by atoms with van der Waals surface area (Å²) >= 11 is 1.98. The van der Waals surface area contributed by atoms with E-state index < -0.39 is 0 Å². The summed E-state index contributed by atoms with van der Waals surface area (Å²) in [6, 6.07) is 0.